The van der Waals surface area contributed by atoms with Crippen LogP contribution in [0.4, 0.5) is 10.5 Å². The van der Waals surface area contributed by atoms with Gasteiger partial charge in [0.2, 0.25) is 0 Å². The minimum atomic E-state index is -0.228. The van der Waals surface area contributed by atoms with Gasteiger partial charge in [-0.2, -0.15) is 0 Å². The van der Waals surface area contributed by atoms with Gasteiger partial charge in [0.15, 0.2) is 0 Å². The van der Waals surface area contributed by atoms with E-state index in [-0.39, 0.29) is 18.2 Å². The Hall–Kier alpha value is -2.53. The highest BCUT2D eigenvalue weighted by atomic mass is 16.5. The Morgan fingerprint density at radius 3 is 2.42 bits per heavy atom. The van der Waals surface area contributed by atoms with Crippen molar-refractivity contribution in [3.05, 3.63) is 54.6 Å². The van der Waals surface area contributed by atoms with Gasteiger partial charge in [0.1, 0.15) is 11.5 Å². The van der Waals surface area contributed by atoms with E-state index in [0.717, 1.165) is 31.4 Å². The van der Waals surface area contributed by atoms with Crippen molar-refractivity contribution in [3.63, 3.8) is 0 Å². The standard InChI is InChI=1S/C19H22N2O3/c22-16-11-9-14(10-12-16)20-19(23)21-15-5-4-8-18(13-15)24-17-6-2-1-3-7-17/h1-8,13-14,16,22H,9-12H2,(H2,20,21,23). The minimum Gasteiger partial charge on any atom is -0.457 e. The van der Waals surface area contributed by atoms with Gasteiger partial charge in [-0.25, -0.2) is 4.79 Å². The maximum absolute atomic E-state index is 12.1. The van der Waals surface area contributed by atoms with Crippen molar-refractivity contribution < 1.29 is 14.6 Å². The maximum Gasteiger partial charge on any atom is 0.319 e. The second-order valence-electron chi connectivity index (χ2n) is 6.05. The van der Waals surface area contributed by atoms with Crippen LogP contribution in [0.3, 0.4) is 0 Å². The first-order chi connectivity index (χ1) is 11.7. The first kappa shape index (κ1) is 16.3. The van der Waals surface area contributed by atoms with Crippen molar-refractivity contribution in [2.75, 3.05) is 5.32 Å². The molecule has 0 aromatic heterocycles. The molecule has 1 aliphatic rings. The number of hydrogen-bond donors (Lipinski definition) is 3. The van der Waals surface area contributed by atoms with Crippen molar-refractivity contribution >= 4 is 11.7 Å². The lowest BCUT2D eigenvalue weighted by Crippen LogP contribution is -2.40. The molecule has 0 spiro atoms. The third kappa shape index (κ3) is 4.73. The largest absolute Gasteiger partial charge is 0.457 e. The quantitative estimate of drug-likeness (QED) is 0.798. The summed E-state index contributed by atoms with van der Waals surface area (Å²) in [7, 11) is 0. The van der Waals surface area contributed by atoms with Crippen LogP contribution in [0.5, 0.6) is 11.5 Å². The Labute approximate surface area is 141 Å². The summed E-state index contributed by atoms with van der Waals surface area (Å²) in [5, 5.41) is 15.3. The van der Waals surface area contributed by atoms with Crippen molar-refractivity contribution in [2.45, 2.75) is 37.8 Å². The molecule has 24 heavy (non-hydrogen) atoms. The number of carbonyl (C=O) groups excluding carboxylic acids is 1. The first-order valence-corrected chi connectivity index (χ1v) is 8.27. The third-order valence-electron chi connectivity index (χ3n) is 4.10. The number of benzene rings is 2. The maximum atomic E-state index is 12.1. The number of anilines is 1. The number of para-hydroxylation sites is 1. The SMILES string of the molecule is O=C(Nc1cccc(Oc2ccccc2)c1)NC1CCC(O)CC1. The van der Waals surface area contributed by atoms with E-state index in [2.05, 4.69) is 10.6 Å². The lowest BCUT2D eigenvalue weighted by molar-refractivity contribution is 0.118. The molecule has 3 rings (SSSR count). The van der Waals surface area contributed by atoms with Crippen LogP contribution in [0, 0.1) is 0 Å². The molecule has 2 amide bonds. The number of rotatable bonds is 4. The molecule has 0 bridgehead atoms. The number of hydrogen-bond acceptors (Lipinski definition) is 3. The Balaban J connectivity index is 1.55. The Morgan fingerprint density at radius 1 is 0.958 bits per heavy atom. The van der Waals surface area contributed by atoms with E-state index < -0.39 is 0 Å². The van der Waals surface area contributed by atoms with Crippen LogP contribution in [0.25, 0.3) is 0 Å². The van der Waals surface area contributed by atoms with E-state index in [1.54, 1.807) is 6.07 Å². The molecule has 2 aromatic carbocycles. The first-order valence-electron chi connectivity index (χ1n) is 8.27. The number of ether oxygens (including phenoxy) is 1. The fourth-order valence-corrected chi connectivity index (χ4v) is 2.83. The van der Waals surface area contributed by atoms with E-state index in [1.807, 2.05) is 48.5 Å². The van der Waals surface area contributed by atoms with Gasteiger partial charge in [-0.3, -0.25) is 0 Å². The molecule has 1 fully saturated rings. The van der Waals surface area contributed by atoms with Gasteiger partial charge in [0, 0.05) is 17.8 Å². The van der Waals surface area contributed by atoms with Crippen LogP contribution in [0.2, 0.25) is 0 Å². The van der Waals surface area contributed by atoms with Gasteiger partial charge >= 0.3 is 6.03 Å². The molecule has 3 N–H and O–H groups in total. The lowest BCUT2D eigenvalue weighted by Gasteiger charge is -2.26. The fourth-order valence-electron chi connectivity index (χ4n) is 2.83. The summed E-state index contributed by atoms with van der Waals surface area (Å²) in [5.41, 5.74) is 0.678. The van der Waals surface area contributed by atoms with Gasteiger partial charge < -0.3 is 20.5 Å². The number of aliphatic hydroxyl groups is 1. The van der Waals surface area contributed by atoms with E-state index in [9.17, 15) is 9.90 Å². The highest BCUT2D eigenvalue weighted by molar-refractivity contribution is 5.89. The number of urea groups is 1. The highest BCUT2D eigenvalue weighted by Gasteiger charge is 2.20. The third-order valence-corrected chi connectivity index (χ3v) is 4.10. The summed E-state index contributed by atoms with van der Waals surface area (Å²) in [4.78, 5) is 12.1. The van der Waals surface area contributed by atoms with Gasteiger partial charge in [0.25, 0.3) is 0 Å². The number of nitrogens with one attached hydrogen (secondary N) is 2. The van der Waals surface area contributed by atoms with Crippen molar-refractivity contribution in [3.8, 4) is 11.5 Å². The van der Waals surface area contributed by atoms with E-state index >= 15 is 0 Å². The predicted molar refractivity (Wildman–Crippen MR) is 93.4 cm³/mol. The molecule has 0 aliphatic heterocycles. The van der Waals surface area contributed by atoms with E-state index in [0.29, 0.717) is 11.4 Å². The Bertz CT molecular complexity index is 667. The van der Waals surface area contributed by atoms with Gasteiger partial charge in [-0.1, -0.05) is 24.3 Å². The van der Waals surface area contributed by atoms with Crippen LogP contribution >= 0.6 is 0 Å². The molecule has 1 aliphatic carbocycles. The average Bonchev–Trinajstić information content (AvgIpc) is 2.58. The summed E-state index contributed by atoms with van der Waals surface area (Å²) in [6.07, 6.45) is 2.88. The van der Waals surface area contributed by atoms with Gasteiger partial charge in [-0.15, -0.1) is 0 Å². The van der Waals surface area contributed by atoms with Crippen LogP contribution in [0.15, 0.2) is 54.6 Å². The Kier molecular flexibility index (Phi) is 5.33. The lowest BCUT2D eigenvalue weighted by atomic mass is 9.93. The fraction of sp³-hybridized carbons (Fsp3) is 0.316. The molecule has 0 atom stereocenters. The topological polar surface area (TPSA) is 70.6 Å². The smallest absolute Gasteiger partial charge is 0.319 e. The normalized spacial score (nSPS) is 20.2. The molecule has 126 valence electrons. The zero-order valence-electron chi connectivity index (χ0n) is 13.4. The number of carbonyl (C=O) groups is 1. The molecule has 0 unspecified atom stereocenters. The number of amides is 2. The zero-order chi connectivity index (χ0) is 16.8. The molecule has 0 heterocycles. The molecule has 1 saturated carbocycles. The second kappa shape index (κ2) is 7.84. The van der Waals surface area contributed by atoms with Gasteiger partial charge in [0.05, 0.1) is 6.10 Å². The van der Waals surface area contributed by atoms with Crippen LogP contribution in [-0.2, 0) is 0 Å². The van der Waals surface area contributed by atoms with E-state index in [1.165, 1.54) is 0 Å². The van der Waals surface area contributed by atoms with Gasteiger partial charge in [-0.05, 0) is 49.9 Å². The molecule has 2 aromatic rings. The monoisotopic (exact) mass is 326 g/mol. The summed E-state index contributed by atoms with van der Waals surface area (Å²) < 4.78 is 5.76. The summed E-state index contributed by atoms with van der Waals surface area (Å²) >= 11 is 0. The predicted octanol–water partition coefficient (Wildman–Crippen LogP) is 3.90. The molecular weight excluding hydrogens is 304 g/mol. The summed E-state index contributed by atoms with van der Waals surface area (Å²) in [6, 6.07) is 16.7. The average molecular weight is 326 g/mol. The van der Waals surface area contributed by atoms with Crippen LogP contribution < -0.4 is 15.4 Å². The van der Waals surface area contributed by atoms with E-state index in [4.69, 9.17) is 4.74 Å². The Morgan fingerprint density at radius 2 is 1.67 bits per heavy atom. The summed E-state index contributed by atoms with van der Waals surface area (Å²) in [5.74, 6) is 1.42. The van der Waals surface area contributed by atoms with Crippen molar-refractivity contribution in [1.29, 1.82) is 0 Å². The van der Waals surface area contributed by atoms with Crippen LogP contribution in [-0.4, -0.2) is 23.3 Å². The molecule has 5 heteroatoms. The molecular formula is C19H22N2O3. The highest BCUT2D eigenvalue weighted by Crippen LogP contribution is 2.24. The molecule has 0 radical (unpaired) electrons. The number of aliphatic hydroxyl groups excluding tert-OH is 1. The molecule has 0 saturated heterocycles. The van der Waals surface area contributed by atoms with Crippen LogP contribution in [0.1, 0.15) is 25.7 Å². The summed E-state index contributed by atoms with van der Waals surface area (Å²) in [6.45, 7) is 0. The molecule has 5 nitrogen and oxygen atoms in total. The second-order valence-corrected chi connectivity index (χ2v) is 6.05. The van der Waals surface area contributed by atoms with Crippen molar-refractivity contribution in [1.82, 2.24) is 5.32 Å². The van der Waals surface area contributed by atoms with Crippen molar-refractivity contribution in [2.24, 2.45) is 0 Å². The zero-order valence-corrected chi connectivity index (χ0v) is 13.4. The minimum absolute atomic E-state index is 0.122.